The molecule has 0 amide bonds. The summed E-state index contributed by atoms with van der Waals surface area (Å²) < 4.78 is 2.32. The van der Waals surface area contributed by atoms with E-state index in [1.54, 1.807) is 0 Å². The van der Waals surface area contributed by atoms with Crippen molar-refractivity contribution in [2.75, 3.05) is 0 Å². The fourth-order valence-corrected chi connectivity index (χ4v) is 4.47. The minimum absolute atomic E-state index is 0.499. The summed E-state index contributed by atoms with van der Waals surface area (Å²) in [6.07, 6.45) is 9.79. The van der Waals surface area contributed by atoms with E-state index in [9.17, 15) is 0 Å². The fraction of sp³-hybridized carbons (Fsp3) is 0.882. The third-order valence-corrected chi connectivity index (χ3v) is 5.49. The Bertz CT molecular complexity index is 465. The van der Waals surface area contributed by atoms with Gasteiger partial charge < -0.3 is 10.3 Å². The molecule has 4 heteroatoms. The Morgan fingerprint density at radius 1 is 1.10 bits per heavy atom. The molecule has 0 aliphatic heterocycles. The van der Waals surface area contributed by atoms with E-state index in [0.717, 1.165) is 24.2 Å². The predicted molar refractivity (Wildman–Crippen MR) is 84.8 cm³/mol. The van der Waals surface area contributed by atoms with E-state index in [1.807, 2.05) is 0 Å². The molecule has 3 unspecified atom stereocenters. The Kier molecular flexibility index (Phi) is 4.63. The Morgan fingerprint density at radius 2 is 1.86 bits per heavy atom. The van der Waals surface area contributed by atoms with Gasteiger partial charge in [0.15, 0.2) is 0 Å². The average molecular weight is 290 g/mol. The van der Waals surface area contributed by atoms with E-state index < -0.39 is 0 Å². The standard InChI is InChI=1S/C17H30N4/c1-12(2)11-21-16(10-18)19-20-17(21)15-8-7-13-5-3-4-6-14(13)9-15/h12-15H,3-11,18H2,1-2H3. The fourth-order valence-electron chi connectivity index (χ4n) is 4.47. The molecule has 0 aromatic carbocycles. The number of nitrogens with zero attached hydrogens (tertiary/aromatic N) is 3. The van der Waals surface area contributed by atoms with Gasteiger partial charge in [-0.1, -0.05) is 39.5 Å². The molecular weight excluding hydrogens is 260 g/mol. The first-order chi connectivity index (χ1) is 10.2. The minimum atomic E-state index is 0.499. The summed E-state index contributed by atoms with van der Waals surface area (Å²) in [5.74, 6) is 5.32. The molecular formula is C17H30N4. The summed E-state index contributed by atoms with van der Waals surface area (Å²) in [4.78, 5) is 0. The van der Waals surface area contributed by atoms with Crippen molar-refractivity contribution < 1.29 is 0 Å². The highest BCUT2D eigenvalue weighted by Crippen LogP contribution is 2.45. The van der Waals surface area contributed by atoms with Gasteiger partial charge in [0.1, 0.15) is 11.6 Å². The van der Waals surface area contributed by atoms with Crippen LogP contribution in [0.4, 0.5) is 0 Å². The van der Waals surface area contributed by atoms with Gasteiger partial charge in [-0.25, -0.2) is 0 Å². The maximum Gasteiger partial charge on any atom is 0.146 e. The van der Waals surface area contributed by atoms with Crippen LogP contribution in [0, 0.1) is 17.8 Å². The van der Waals surface area contributed by atoms with Crippen LogP contribution in [0.1, 0.15) is 76.4 Å². The number of rotatable bonds is 4. The minimum Gasteiger partial charge on any atom is -0.324 e. The van der Waals surface area contributed by atoms with Gasteiger partial charge in [-0.05, 0) is 37.0 Å². The molecule has 3 atom stereocenters. The number of hydrogen-bond donors (Lipinski definition) is 1. The summed E-state index contributed by atoms with van der Waals surface area (Å²) in [7, 11) is 0. The van der Waals surface area contributed by atoms with Crippen LogP contribution in [-0.2, 0) is 13.1 Å². The van der Waals surface area contributed by atoms with Crippen molar-refractivity contribution in [2.45, 2.75) is 77.8 Å². The third-order valence-electron chi connectivity index (χ3n) is 5.49. The Morgan fingerprint density at radius 3 is 2.57 bits per heavy atom. The summed E-state index contributed by atoms with van der Waals surface area (Å²) >= 11 is 0. The van der Waals surface area contributed by atoms with Crippen molar-refractivity contribution in [1.82, 2.24) is 14.8 Å². The number of fused-ring (bicyclic) bond motifs is 1. The summed E-state index contributed by atoms with van der Waals surface area (Å²) in [6.45, 7) is 6.00. The maximum absolute atomic E-state index is 5.85. The van der Waals surface area contributed by atoms with Crippen LogP contribution in [0.5, 0.6) is 0 Å². The van der Waals surface area contributed by atoms with Gasteiger partial charge >= 0.3 is 0 Å². The van der Waals surface area contributed by atoms with Gasteiger partial charge in [0.2, 0.25) is 0 Å². The van der Waals surface area contributed by atoms with Crippen molar-refractivity contribution >= 4 is 0 Å². The summed E-state index contributed by atoms with van der Waals surface area (Å²) in [5.41, 5.74) is 5.85. The molecule has 4 nitrogen and oxygen atoms in total. The van der Waals surface area contributed by atoms with E-state index in [0.29, 0.717) is 18.4 Å². The van der Waals surface area contributed by atoms with Gasteiger partial charge in [-0.15, -0.1) is 10.2 Å². The predicted octanol–water partition coefficient (Wildman–Crippen LogP) is 3.47. The van der Waals surface area contributed by atoms with E-state index >= 15 is 0 Å². The van der Waals surface area contributed by atoms with Crippen LogP contribution in [-0.4, -0.2) is 14.8 Å². The van der Waals surface area contributed by atoms with Crippen molar-refractivity contribution in [2.24, 2.45) is 23.5 Å². The van der Waals surface area contributed by atoms with Crippen LogP contribution in [0.3, 0.4) is 0 Å². The zero-order valence-electron chi connectivity index (χ0n) is 13.6. The number of hydrogen-bond acceptors (Lipinski definition) is 3. The highest BCUT2D eigenvalue weighted by molar-refractivity contribution is 5.05. The lowest BCUT2D eigenvalue weighted by Gasteiger charge is -2.39. The Hall–Kier alpha value is -0.900. The third kappa shape index (κ3) is 3.15. The first-order valence-electron chi connectivity index (χ1n) is 8.81. The molecule has 2 saturated carbocycles. The van der Waals surface area contributed by atoms with Gasteiger partial charge in [-0.3, -0.25) is 0 Å². The molecule has 0 spiro atoms. The van der Waals surface area contributed by atoms with Crippen molar-refractivity contribution in [3.05, 3.63) is 11.6 Å². The summed E-state index contributed by atoms with van der Waals surface area (Å²) in [6, 6.07) is 0. The molecule has 0 saturated heterocycles. The second-order valence-electron chi connectivity index (χ2n) is 7.50. The van der Waals surface area contributed by atoms with Crippen molar-refractivity contribution in [3.63, 3.8) is 0 Å². The quantitative estimate of drug-likeness (QED) is 0.923. The number of aromatic nitrogens is 3. The van der Waals surface area contributed by atoms with Crippen LogP contribution >= 0.6 is 0 Å². The first kappa shape index (κ1) is 15.0. The van der Waals surface area contributed by atoms with Gasteiger partial charge in [-0.2, -0.15) is 0 Å². The lowest BCUT2D eigenvalue weighted by atomic mass is 9.67. The van der Waals surface area contributed by atoms with Crippen LogP contribution in [0.2, 0.25) is 0 Å². The zero-order valence-corrected chi connectivity index (χ0v) is 13.6. The zero-order chi connectivity index (χ0) is 14.8. The molecule has 0 bridgehead atoms. The summed E-state index contributed by atoms with van der Waals surface area (Å²) in [5, 5.41) is 8.89. The maximum atomic E-state index is 5.85. The lowest BCUT2D eigenvalue weighted by Crippen LogP contribution is -2.28. The van der Waals surface area contributed by atoms with Crippen LogP contribution in [0.25, 0.3) is 0 Å². The van der Waals surface area contributed by atoms with Gasteiger partial charge in [0.25, 0.3) is 0 Å². The van der Waals surface area contributed by atoms with Crippen molar-refractivity contribution in [3.8, 4) is 0 Å². The SMILES string of the molecule is CC(C)Cn1c(CN)nnc1C1CCC2CCCCC2C1. The molecule has 21 heavy (non-hydrogen) atoms. The molecule has 3 rings (SSSR count). The highest BCUT2D eigenvalue weighted by atomic mass is 15.3. The topological polar surface area (TPSA) is 56.7 Å². The van der Waals surface area contributed by atoms with Gasteiger partial charge in [0.05, 0.1) is 6.54 Å². The molecule has 1 aromatic heterocycles. The first-order valence-corrected chi connectivity index (χ1v) is 8.81. The normalized spacial score (nSPS) is 29.6. The van der Waals surface area contributed by atoms with E-state index in [1.165, 1.54) is 50.8 Å². The molecule has 0 radical (unpaired) electrons. The smallest absolute Gasteiger partial charge is 0.146 e. The molecule has 2 N–H and O–H groups in total. The second kappa shape index (κ2) is 6.47. The average Bonchev–Trinajstić information content (AvgIpc) is 2.88. The largest absolute Gasteiger partial charge is 0.324 e. The van der Waals surface area contributed by atoms with E-state index in [4.69, 9.17) is 5.73 Å². The second-order valence-corrected chi connectivity index (χ2v) is 7.50. The Labute approximate surface area is 128 Å². The molecule has 2 aliphatic rings. The molecule has 2 aliphatic carbocycles. The molecule has 2 fully saturated rings. The molecule has 118 valence electrons. The van der Waals surface area contributed by atoms with Crippen LogP contribution in [0.15, 0.2) is 0 Å². The lowest BCUT2D eigenvalue weighted by molar-refractivity contribution is 0.151. The molecule has 1 heterocycles. The van der Waals surface area contributed by atoms with E-state index in [-0.39, 0.29) is 0 Å². The molecule has 1 aromatic rings. The van der Waals surface area contributed by atoms with Crippen molar-refractivity contribution in [1.29, 1.82) is 0 Å². The van der Waals surface area contributed by atoms with Gasteiger partial charge in [0, 0.05) is 12.5 Å². The van der Waals surface area contributed by atoms with Crippen LogP contribution < -0.4 is 5.73 Å². The number of nitrogens with two attached hydrogens (primary N) is 1. The Balaban J connectivity index is 1.78. The highest BCUT2D eigenvalue weighted by Gasteiger charge is 2.35. The van der Waals surface area contributed by atoms with E-state index in [2.05, 4.69) is 28.6 Å². The monoisotopic (exact) mass is 290 g/mol.